The van der Waals surface area contributed by atoms with E-state index in [1.54, 1.807) is 36.4 Å². The Morgan fingerprint density at radius 2 is 1.72 bits per heavy atom. The van der Waals surface area contributed by atoms with Crippen molar-refractivity contribution in [2.45, 2.75) is 25.3 Å². The lowest BCUT2D eigenvalue weighted by atomic mass is 10.1. The van der Waals surface area contributed by atoms with Crippen molar-refractivity contribution in [3.05, 3.63) is 64.5 Å². The van der Waals surface area contributed by atoms with Crippen molar-refractivity contribution in [1.29, 1.82) is 0 Å². The molecule has 1 aliphatic rings. The summed E-state index contributed by atoms with van der Waals surface area (Å²) in [6.07, 6.45) is 0. The molecular weight excluding hydrogens is 449 g/mol. The number of aromatic nitrogens is 1. The third-order valence-electron chi connectivity index (χ3n) is 5.15. The summed E-state index contributed by atoms with van der Waals surface area (Å²) in [7, 11) is -3.53. The van der Waals surface area contributed by atoms with Crippen LogP contribution in [0.5, 0.6) is 0 Å². The zero-order valence-electron chi connectivity index (χ0n) is 18.1. The van der Waals surface area contributed by atoms with Crippen LogP contribution >= 0.6 is 11.3 Å². The molecule has 0 amide bonds. The Morgan fingerprint density at radius 3 is 2.34 bits per heavy atom. The molecule has 1 aromatic heterocycles. The zero-order valence-corrected chi connectivity index (χ0v) is 19.7. The number of hydrogen-bond donors (Lipinski definition) is 0. The molecule has 0 saturated carbocycles. The first-order valence-electron chi connectivity index (χ1n) is 10.5. The summed E-state index contributed by atoms with van der Waals surface area (Å²) in [6.45, 7) is 6.59. The summed E-state index contributed by atoms with van der Waals surface area (Å²) in [5.41, 5.74) is 2.58. The Morgan fingerprint density at radius 1 is 1.06 bits per heavy atom. The quantitative estimate of drug-likeness (QED) is 0.535. The van der Waals surface area contributed by atoms with Gasteiger partial charge >= 0.3 is 0 Å². The van der Waals surface area contributed by atoms with Gasteiger partial charge in [-0.3, -0.25) is 0 Å². The minimum absolute atomic E-state index is 0.256. The smallest absolute Gasteiger partial charge is 0.243 e. The molecule has 0 bridgehead atoms. The van der Waals surface area contributed by atoms with Crippen LogP contribution in [0, 0.1) is 11.7 Å². The number of rotatable bonds is 6. The first-order chi connectivity index (χ1) is 15.3. The van der Waals surface area contributed by atoms with Gasteiger partial charge in [-0.2, -0.15) is 4.31 Å². The number of nitrogens with zero attached hydrogens (tertiary/aromatic N) is 3. The van der Waals surface area contributed by atoms with Gasteiger partial charge in [0.25, 0.3) is 0 Å². The Bertz CT molecular complexity index is 1220. The molecule has 170 valence electrons. The highest BCUT2D eigenvalue weighted by atomic mass is 32.2. The summed E-state index contributed by atoms with van der Waals surface area (Å²) in [6, 6.07) is 13.1. The summed E-state index contributed by atoms with van der Waals surface area (Å²) in [5.74, 6) is 0.125. The second-order valence-electron chi connectivity index (χ2n) is 8.04. The molecule has 1 fully saturated rings. The van der Waals surface area contributed by atoms with E-state index in [2.05, 4.69) is 18.4 Å². The number of benzene rings is 2. The van der Waals surface area contributed by atoms with Gasteiger partial charge in [-0.25, -0.2) is 17.8 Å². The average Bonchev–Trinajstić information content (AvgIpc) is 3.16. The lowest BCUT2D eigenvalue weighted by Gasteiger charge is -2.26. The Kier molecular flexibility index (Phi) is 6.90. The second-order valence-corrected chi connectivity index (χ2v) is 10.8. The summed E-state index contributed by atoms with van der Waals surface area (Å²) < 4.78 is 47.9. The first kappa shape index (κ1) is 22.8. The Hall–Kier alpha value is -2.33. The first-order valence-corrected chi connectivity index (χ1v) is 12.8. The highest BCUT2D eigenvalue weighted by Crippen LogP contribution is 2.24. The normalized spacial score (nSPS) is 16.1. The molecule has 6 nitrogen and oxygen atoms in total. The maximum Gasteiger partial charge on any atom is 0.243 e. The maximum absolute atomic E-state index is 13.4. The third kappa shape index (κ3) is 5.01. The van der Waals surface area contributed by atoms with Gasteiger partial charge in [0.05, 0.1) is 29.5 Å². The van der Waals surface area contributed by atoms with Crippen LogP contribution in [0.25, 0.3) is 11.3 Å². The van der Waals surface area contributed by atoms with Crippen LogP contribution < -0.4 is 4.80 Å². The van der Waals surface area contributed by atoms with Gasteiger partial charge in [0.15, 0.2) is 4.80 Å². The van der Waals surface area contributed by atoms with Crippen LogP contribution in [0.4, 0.5) is 10.1 Å². The molecule has 4 rings (SSSR count). The SMILES string of the molecule is CC(C)Cn1c(-c2ccc(F)cc2)csc1=Nc1ccc(S(=O)(=O)N2CCOCC2)cc1. The average molecular weight is 476 g/mol. The molecule has 2 aromatic carbocycles. The fourth-order valence-electron chi connectivity index (χ4n) is 3.55. The number of hydrogen-bond acceptors (Lipinski definition) is 5. The standard InChI is InChI=1S/C23H26FN3O3S2/c1-17(2)15-27-22(18-3-5-19(24)6-4-18)16-31-23(27)25-20-7-9-21(10-8-20)32(28,29)26-11-13-30-14-12-26/h3-10,16-17H,11-15H2,1-2H3. The molecule has 1 saturated heterocycles. The Labute approximate surface area is 191 Å². The minimum Gasteiger partial charge on any atom is -0.379 e. The van der Waals surface area contributed by atoms with E-state index in [1.807, 2.05) is 5.38 Å². The van der Waals surface area contributed by atoms with Crippen LogP contribution in [-0.2, 0) is 21.3 Å². The fourth-order valence-corrected chi connectivity index (χ4v) is 5.90. The fraction of sp³-hybridized carbons (Fsp3) is 0.348. The Balaban J connectivity index is 1.67. The molecule has 3 aromatic rings. The number of halogens is 1. The van der Waals surface area contributed by atoms with E-state index >= 15 is 0 Å². The number of morpholine rings is 1. The van der Waals surface area contributed by atoms with Gasteiger partial charge in [-0.1, -0.05) is 13.8 Å². The topological polar surface area (TPSA) is 63.9 Å². The van der Waals surface area contributed by atoms with Crippen molar-refractivity contribution in [2.75, 3.05) is 26.3 Å². The van der Waals surface area contributed by atoms with Gasteiger partial charge in [-0.15, -0.1) is 11.3 Å². The molecular formula is C23H26FN3O3S2. The lowest BCUT2D eigenvalue weighted by molar-refractivity contribution is 0.0730. The maximum atomic E-state index is 13.4. The minimum atomic E-state index is -3.53. The molecule has 0 N–H and O–H groups in total. The molecule has 0 atom stereocenters. The van der Waals surface area contributed by atoms with Crippen molar-refractivity contribution in [2.24, 2.45) is 10.9 Å². The highest BCUT2D eigenvalue weighted by Gasteiger charge is 2.26. The van der Waals surface area contributed by atoms with Gasteiger partial charge in [0.2, 0.25) is 10.0 Å². The summed E-state index contributed by atoms with van der Waals surface area (Å²) >= 11 is 1.51. The van der Waals surface area contributed by atoms with Crippen molar-refractivity contribution in [3.8, 4) is 11.3 Å². The molecule has 0 spiro atoms. The van der Waals surface area contributed by atoms with Crippen LogP contribution in [0.1, 0.15) is 13.8 Å². The highest BCUT2D eigenvalue weighted by molar-refractivity contribution is 7.89. The number of thiazole rings is 1. The molecule has 0 radical (unpaired) electrons. The zero-order chi connectivity index (χ0) is 22.7. The molecule has 9 heteroatoms. The molecule has 32 heavy (non-hydrogen) atoms. The summed E-state index contributed by atoms with van der Waals surface area (Å²) in [4.78, 5) is 5.84. The predicted molar refractivity (Wildman–Crippen MR) is 124 cm³/mol. The lowest BCUT2D eigenvalue weighted by Crippen LogP contribution is -2.40. The molecule has 0 unspecified atom stereocenters. The largest absolute Gasteiger partial charge is 0.379 e. The monoisotopic (exact) mass is 475 g/mol. The predicted octanol–water partition coefficient (Wildman–Crippen LogP) is 4.27. The van der Waals surface area contributed by atoms with Gasteiger partial charge in [0, 0.05) is 25.0 Å². The van der Waals surface area contributed by atoms with E-state index in [9.17, 15) is 12.8 Å². The van der Waals surface area contributed by atoms with Crippen molar-refractivity contribution in [1.82, 2.24) is 8.87 Å². The summed E-state index contributed by atoms with van der Waals surface area (Å²) in [5, 5.41) is 2.02. The molecule has 1 aliphatic heterocycles. The van der Waals surface area contributed by atoms with E-state index in [4.69, 9.17) is 9.73 Å². The van der Waals surface area contributed by atoms with Crippen LogP contribution in [0.2, 0.25) is 0 Å². The van der Waals surface area contributed by atoms with Crippen molar-refractivity contribution >= 4 is 27.0 Å². The van der Waals surface area contributed by atoms with Crippen LogP contribution in [0.15, 0.2) is 63.8 Å². The van der Waals surface area contributed by atoms with Gasteiger partial charge in [0.1, 0.15) is 5.82 Å². The van der Waals surface area contributed by atoms with E-state index < -0.39 is 10.0 Å². The van der Waals surface area contributed by atoms with Gasteiger partial charge in [-0.05, 0) is 60.0 Å². The van der Waals surface area contributed by atoms with Crippen LogP contribution in [0.3, 0.4) is 0 Å². The molecule has 0 aliphatic carbocycles. The number of ether oxygens (including phenoxy) is 1. The number of sulfonamides is 1. The second kappa shape index (κ2) is 9.66. The van der Waals surface area contributed by atoms with E-state index in [0.29, 0.717) is 37.9 Å². The van der Waals surface area contributed by atoms with Crippen molar-refractivity contribution < 1.29 is 17.5 Å². The molecule has 2 heterocycles. The van der Waals surface area contributed by atoms with E-state index in [0.717, 1.165) is 22.6 Å². The van der Waals surface area contributed by atoms with Crippen LogP contribution in [-0.4, -0.2) is 43.6 Å². The van der Waals surface area contributed by atoms with E-state index in [1.165, 1.54) is 27.8 Å². The van der Waals surface area contributed by atoms with Crippen molar-refractivity contribution in [3.63, 3.8) is 0 Å². The third-order valence-corrected chi connectivity index (χ3v) is 7.93. The van der Waals surface area contributed by atoms with Gasteiger partial charge < -0.3 is 9.30 Å². The van der Waals surface area contributed by atoms with E-state index in [-0.39, 0.29) is 10.7 Å².